The number of amides is 1. The predicted octanol–water partition coefficient (Wildman–Crippen LogP) is 1.87. The summed E-state index contributed by atoms with van der Waals surface area (Å²) < 4.78 is 0. The number of piperidine rings is 1. The molecular weight excluding hydrogens is 252 g/mol. The van der Waals surface area contributed by atoms with Gasteiger partial charge in [0.25, 0.3) is 0 Å². The van der Waals surface area contributed by atoms with Gasteiger partial charge in [-0.25, -0.2) is 0 Å². The lowest BCUT2D eigenvalue weighted by atomic mass is 9.94. The lowest BCUT2D eigenvalue weighted by molar-refractivity contribution is -0.134. The molecule has 2 aliphatic rings. The van der Waals surface area contributed by atoms with Crippen molar-refractivity contribution in [1.82, 2.24) is 9.80 Å². The van der Waals surface area contributed by atoms with Crippen LogP contribution in [0.4, 0.5) is 0 Å². The minimum atomic E-state index is 0.154. The Morgan fingerprint density at radius 3 is 2.40 bits per heavy atom. The monoisotopic (exact) mass is 282 g/mol. The Balaban J connectivity index is 1.84. The molecule has 0 spiro atoms. The number of likely N-dealkylation sites (tertiary alicyclic amines) is 1. The van der Waals surface area contributed by atoms with E-state index in [4.69, 9.17) is 0 Å². The van der Waals surface area contributed by atoms with E-state index < -0.39 is 0 Å². The highest BCUT2D eigenvalue weighted by Gasteiger charge is 2.26. The Morgan fingerprint density at radius 2 is 1.80 bits per heavy atom. The fourth-order valence-electron chi connectivity index (χ4n) is 3.50. The first-order valence-corrected chi connectivity index (χ1v) is 8.33. The molecule has 1 heterocycles. The number of aliphatic hydroxyl groups is 1. The van der Waals surface area contributed by atoms with Crippen LogP contribution >= 0.6 is 0 Å². The average Bonchev–Trinajstić information content (AvgIpc) is 2.48. The Morgan fingerprint density at radius 1 is 1.15 bits per heavy atom. The van der Waals surface area contributed by atoms with Gasteiger partial charge in [-0.05, 0) is 31.6 Å². The van der Waals surface area contributed by atoms with Gasteiger partial charge in [-0.1, -0.05) is 26.2 Å². The van der Waals surface area contributed by atoms with E-state index in [1.807, 2.05) is 4.90 Å². The van der Waals surface area contributed by atoms with Gasteiger partial charge in [0.2, 0.25) is 5.91 Å². The fraction of sp³-hybridized carbons (Fsp3) is 0.938. The van der Waals surface area contributed by atoms with Crippen molar-refractivity contribution in [3.05, 3.63) is 0 Å². The minimum Gasteiger partial charge on any atom is -0.395 e. The maximum atomic E-state index is 12.4. The molecule has 2 fully saturated rings. The smallest absolute Gasteiger partial charge is 0.236 e. The van der Waals surface area contributed by atoms with Gasteiger partial charge >= 0.3 is 0 Å². The zero-order valence-electron chi connectivity index (χ0n) is 12.9. The van der Waals surface area contributed by atoms with Crippen molar-refractivity contribution < 1.29 is 9.90 Å². The van der Waals surface area contributed by atoms with E-state index in [1.54, 1.807) is 0 Å². The standard InChI is InChI=1S/C16H30N2O2/c1-14-7-9-17(10-8-14)16(20)13-18(11-12-19)15-5-3-2-4-6-15/h14-15,19H,2-13H2,1H3. The highest BCUT2D eigenvalue weighted by Crippen LogP contribution is 2.23. The van der Waals surface area contributed by atoms with Crippen LogP contribution in [0.2, 0.25) is 0 Å². The van der Waals surface area contributed by atoms with E-state index in [1.165, 1.54) is 32.1 Å². The van der Waals surface area contributed by atoms with E-state index in [-0.39, 0.29) is 12.5 Å². The number of carbonyl (C=O) groups is 1. The first-order chi connectivity index (χ1) is 9.70. The van der Waals surface area contributed by atoms with Crippen LogP contribution in [0, 0.1) is 5.92 Å². The molecular formula is C16H30N2O2. The summed E-state index contributed by atoms with van der Waals surface area (Å²) >= 11 is 0. The quantitative estimate of drug-likeness (QED) is 0.837. The van der Waals surface area contributed by atoms with Gasteiger partial charge in [-0.2, -0.15) is 0 Å². The molecule has 4 heteroatoms. The van der Waals surface area contributed by atoms with Crippen molar-refractivity contribution in [2.45, 2.75) is 57.9 Å². The zero-order valence-corrected chi connectivity index (χ0v) is 12.9. The van der Waals surface area contributed by atoms with Crippen molar-refractivity contribution >= 4 is 5.91 Å². The Labute approximate surface area is 123 Å². The molecule has 1 aliphatic carbocycles. The maximum absolute atomic E-state index is 12.4. The molecule has 1 N–H and O–H groups in total. The zero-order chi connectivity index (χ0) is 14.4. The number of hydrogen-bond acceptors (Lipinski definition) is 3. The Bertz CT molecular complexity index is 295. The molecule has 1 saturated heterocycles. The number of rotatable bonds is 5. The fourth-order valence-corrected chi connectivity index (χ4v) is 3.50. The van der Waals surface area contributed by atoms with Crippen LogP contribution in [-0.4, -0.2) is 59.6 Å². The number of hydrogen-bond donors (Lipinski definition) is 1. The molecule has 2 rings (SSSR count). The van der Waals surface area contributed by atoms with E-state index in [9.17, 15) is 9.90 Å². The lowest BCUT2D eigenvalue weighted by Crippen LogP contribution is -2.48. The normalized spacial score (nSPS) is 22.4. The van der Waals surface area contributed by atoms with Crippen molar-refractivity contribution in [2.75, 3.05) is 32.8 Å². The molecule has 0 aromatic heterocycles. The van der Waals surface area contributed by atoms with Crippen molar-refractivity contribution in [1.29, 1.82) is 0 Å². The molecule has 1 saturated carbocycles. The highest BCUT2D eigenvalue weighted by atomic mass is 16.3. The molecule has 0 aromatic carbocycles. The number of aliphatic hydroxyl groups excluding tert-OH is 1. The molecule has 0 atom stereocenters. The predicted molar refractivity (Wildman–Crippen MR) is 80.5 cm³/mol. The first-order valence-electron chi connectivity index (χ1n) is 8.33. The molecule has 0 unspecified atom stereocenters. The van der Waals surface area contributed by atoms with Crippen LogP contribution in [0.1, 0.15) is 51.9 Å². The van der Waals surface area contributed by atoms with Crippen LogP contribution in [-0.2, 0) is 4.79 Å². The number of carbonyl (C=O) groups excluding carboxylic acids is 1. The Hall–Kier alpha value is -0.610. The van der Waals surface area contributed by atoms with Gasteiger partial charge < -0.3 is 10.0 Å². The van der Waals surface area contributed by atoms with Gasteiger partial charge in [-0.3, -0.25) is 9.69 Å². The van der Waals surface area contributed by atoms with Crippen LogP contribution in [0.15, 0.2) is 0 Å². The molecule has 20 heavy (non-hydrogen) atoms. The summed E-state index contributed by atoms with van der Waals surface area (Å²) in [6.45, 7) is 5.39. The van der Waals surface area contributed by atoms with Crippen LogP contribution in [0.3, 0.4) is 0 Å². The van der Waals surface area contributed by atoms with E-state index >= 15 is 0 Å². The Kier molecular flexibility index (Phi) is 6.30. The van der Waals surface area contributed by atoms with E-state index in [0.717, 1.165) is 31.8 Å². The van der Waals surface area contributed by atoms with Crippen LogP contribution in [0.5, 0.6) is 0 Å². The van der Waals surface area contributed by atoms with Crippen molar-refractivity contribution in [2.24, 2.45) is 5.92 Å². The van der Waals surface area contributed by atoms with E-state index in [0.29, 0.717) is 19.1 Å². The molecule has 0 radical (unpaired) electrons. The third kappa shape index (κ3) is 4.45. The van der Waals surface area contributed by atoms with Crippen LogP contribution < -0.4 is 0 Å². The van der Waals surface area contributed by atoms with Gasteiger partial charge in [0.1, 0.15) is 0 Å². The van der Waals surface area contributed by atoms with Gasteiger partial charge in [0.15, 0.2) is 0 Å². The second-order valence-corrected chi connectivity index (χ2v) is 6.55. The van der Waals surface area contributed by atoms with Gasteiger partial charge in [0.05, 0.1) is 13.2 Å². The highest BCUT2D eigenvalue weighted by molar-refractivity contribution is 5.78. The summed E-state index contributed by atoms with van der Waals surface area (Å²) in [6, 6.07) is 0.503. The summed E-state index contributed by atoms with van der Waals surface area (Å²) in [4.78, 5) is 16.7. The summed E-state index contributed by atoms with van der Waals surface area (Å²) in [6.07, 6.45) is 8.49. The second-order valence-electron chi connectivity index (χ2n) is 6.55. The molecule has 116 valence electrons. The third-order valence-corrected chi connectivity index (χ3v) is 4.95. The second kappa shape index (κ2) is 7.99. The van der Waals surface area contributed by atoms with E-state index in [2.05, 4.69) is 11.8 Å². The minimum absolute atomic E-state index is 0.154. The molecule has 0 aromatic rings. The largest absolute Gasteiger partial charge is 0.395 e. The summed E-state index contributed by atoms with van der Waals surface area (Å²) in [5, 5.41) is 9.26. The summed E-state index contributed by atoms with van der Waals surface area (Å²) in [5.41, 5.74) is 0. The molecule has 0 bridgehead atoms. The molecule has 1 amide bonds. The first kappa shape index (κ1) is 15.8. The molecule has 1 aliphatic heterocycles. The number of nitrogens with zero attached hydrogens (tertiary/aromatic N) is 2. The average molecular weight is 282 g/mol. The van der Waals surface area contributed by atoms with Crippen LogP contribution in [0.25, 0.3) is 0 Å². The maximum Gasteiger partial charge on any atom is 0.236 e. The van der Waals surface area contributed by atoms with Gasteiger partial charge in [-0.15, -0.1) is 0 Å². The third-order valence-electron chi connectivity index (χ3n) is 4.95. The topological polar surface area (TPSA) is 43.8 Å². The van der Waals surface area contributed by atoms with Crippen molar-refractivity contribution in [3.8, 4) is 0 Å². The SMILES string of the molecule is CC1CCN(C(=O)CN(CCO)C2CCCCC2)CC1. The summed E-state index contributed by atoms with van der Waals surface area (Å²) in [5.74, 6) is 1.02. The summed E-state index contributed by atoms with van der Waals surface area (Å²) in [7, 11) is 0. The lowest BCUT2D eigenvalue weighted by Gasteiger charge is -2.36. The van der Waals surface area contributed by atoms with Crippen molar-refractivity contribution in [3.63, 3.8) is 0 Å². The molecule has 4 nitrogen and oxygen atoms in total. The van der Waals surface area contributed by atoms with Gasteiger partial charge in [0, 0.05) is 25.7 Å².